The van der Waals surface area contributed by atoms with E-state index in [1.165, 1.54) is 0 Å². The van der Waals surface area contributed by atoms with Crippen LogP contribution >= 0.6 is 0 Å². The molecular weight excluding hydrogens is 282 g/mol. The molecule has 110 valence electrons. The van der Waals surface area contributed by atoms with Gasteiger partial charge in [0.05, 0.1) is 11.1 Å². The normalized spacial score (nSPS) is 10.6. The van der Waals surface area contributed by atoms with Crippen molar-refractivity contribution in [2.75, 3.05) is 5.32 Å². The van der Waals surface area contributed by atoms with Crippen LogP contribution in [0.4, 0.5) is 5.69 Å². The molecule has 0 radical (unpaired) electrons. The maximum Gasteiger partial charge on any atom is 0.276 e. The Morgan fingerprint density at radius 2 is 1.91 bits per heavy atom. The third-order valence-electron chi connectivity index (χ3n) is 3.31. The molecule has 6 nitrogen and oxygen atoms in total. The predicted molar refractivity (Wildman–Crippen MR) is 83.2 cm³/mol. The van der Waals surface area contributed by atoms with Gasteiger partial charge in [-0.3, -0.25) is 9.59 Å². The van der Waals surface area contributed by atoms with Crippen LogP contribution in [0.2, 0.25) is 0 Å². The van der Waals surface area contributed by atoms with Gasteiger partial charge in [0, 0.05) is 5.39 Å². The number of fused-ring (bicyclic) bond motifs is 1. The number of benzene rings is 2. The Kier molecular flexibility index (Phi) is 3.34. The fourth-order valence-corrected chi connectivity index (χ4v) is 2.22. The highest BCUT2D eigenvalue weighted by Crippen LogP contribution is 2.24. The average Bonchev–Trinajstić information content (AvgIpc) is 2.50. The van der Waals surface area contributed by atoms with Crippen LogP contribution in [-0.4, -0.2) is 21.2 Å². The van der Waals surface area contributed by atoms with E-state index < -0.39 is 5.91 Å². The van der Waals surface area contributed by atoms with Crippen molar-refractivity contribution >= 4 is 22.4 Å². The summed E-state index contributed by atoms with van der Waals surface area (Å²) in [6.07, 6.45) is 0. The van der Waals surface area contributed by atoms with Gasteiger partial charge in [-0.1, -0.05) is 24.3 Å². The Morgan fingerprint density at radius 1 is 1.18 bits per heavy atom. The standard InChI is InChI=1S/C16H13N3O3/c1-9-6-7-12(13(20)8-9)17-16(22)14-10-4-2-3-5-11(10)15(21)19-18-14/h2-8,20H,1H3,(H,17,22)(H,19,21). The number of rotatable bonds is 2. The number of H-pyrrole nitrogens is 1. The molecule has 0 saturated heterocycles. The predicted octanol–water partition coefficient (Wildman–Crippen LogP) is 2.19. The number of anilines is 1. The summed E-state index contributed by atoms with van der Waals surface area (Å²) in [5.41, 5.74) is 0.899. The number of aromatic amines is 1. The summed E-state index contributed by atoms with van der Waals surface area (Å²) in [5, 5.41) is 19.4. The van der Waals surface area contributed by atoms with Gasteiger partial charge in [-0.2, -0.15) is 5.10 Å². The monoisotopic (exact) mass is 295 g/mol. The van der Waals surface area contributed by atoms with Crippen LogP contribution < -0.4 is 10.9 Å². The molecule has 3 N–H and O–H groups in total. The second-order valence-corrected chi connectivity index (χ2v) is 4.92. The molecule has 0 fully saturated rings. The third kappa shape index (κ3) is 2.42. The third-order valence-corrected chi connectivity index (χ3v) is 3.31. The summed E-state index contributed by atoms with van der Waals surface area (Å²) < 4.78 is 0. The van der Waals surface area contributed by atoms with E-state index in [2.05, 4.69) is 15.5 Å². The van der Waals surface area contributed by atoms with Gasteiger partial charge in [0.2, 0.25) is 0 Å². The van der Waals surface area contributed by atoms with E-state index >= 15 is 0 Å². The number of nitrogens with zero attached hydrogens (tertiary/aromatic N) is 1. The average molecular weight is 295 g/mol. The maximum atomic E-state index is 12.4. The quantitative estimate of drug-likeness (QED) is 0.631. The number of carbonyl (C=O) groups excluding carboxylic acids is 1. The molecule has 0 atom stereocenters. The molecule has 0 aliphatic carbocycles. The lowest BCUT2D eigenvalue weighted by atomic mass is 10.1. The molecule has 0 bridgehead atoms. The fraction of sp³-hybridized carbons (Fsp3) is 0.0625. The summed E-state index contributed by atoms with van der Waals surface area (Å²) in [4.78, 5) is 24.1. The number of aromatic nitrogens is 2. The molecule has 0 spiro atoms. The fourth-order valence-electron chi connectivity index (χ4n) is 2.22. The molecule has 6 heteroatoms. The summed E-state index contributed by atoms with van der Waals surface area (Å²) in [6.45, 7) is 1.84. The second-order valence-electron chi connectivity index (χ2n) is 4.92. The van der Waals surface area contributed by atoms with Gasteiger partial charge in [0.25, 0.3) is 11.5 Å². The first-order valence-corrected chi connectivity index (χ1v) is 6.64. The van der Waals surface area contributed by atoms with E-state index in [9.17, 15) is 14.7 Å². The Hall–Kier alpha value is -3.15. The minimum atomic E-state index is -0.508. The van der Waals surface area contributed by atoms with Crippen molar-refractivity contribution in [2.24, 2.45) is 0 Å². The van der Waals surface area contributed by atoms with Crippen LogP contribution in [0.3, 0.4) is 0 Å². The highest BCUT2D eigenvalue weighted by molar-refractivity contribution is 6.11. The Bertz CT molecular complexity index is 931. The van der Waals surface area contributed by atoms with Crippen molar-refractivity contribution in [3.05, 3.63) is 64.1 Å². The number of phenols is 1. The summed E-state index contributed by atoms with van der Waals surface area (Å²) in [5.74, 6) is -0.534. The lowest BCUT2D eigenvalue weighted by molar-refractivity contribution is 0.102. The second kappa shape index (κ2) is 5.33. The smallest absolute Gasteiger partial charge is 0.276 e. The molecule has 1 heterocycles. The van der Waals surface area contributed by atoms with Gasteiger partial charge in [-0.25, -0.2) is 5.10 Å². The first kappa shape index (κ1) is 13.8. The Morgan fingerprint density at radius 3 is 2.64 bits per heavy atom. The number of nitrogens with one attached hydrogen (secondary N) is 2. The van der Waals surface area contributed by atoms with E-state index in [4.69, 9.17) is 0 Å². The minimum absolute atomic E-state index is 0.0259. The first-order chi connectivity index (χ1) is 10.6. The molecule has 0 aliphatic rings. The lowest BCUT2D eigenvalue weighted by Gasteiger charge is -2.08. The van der Waals surface area contributed by atoms with Gasteiger partial charge in [-0.15, -0.1) is 0 Å². The number of phenolic OH excluding ortho intramolecular Hbond substituents is 1. The molecule has 3 aromatic rings. The Balaban J connectivity index is 2.03. The van der Waals surface area contributed by atoms with Gasteiger partial charge < -0.3 is 10.4 Å². The summed E-state index contributed by atoms with van der Waals surface area (Å²) in [6, 6.07) is 11.6. The highest BCUT2D eigenvalue weighted by Gasteiger charge is 2.15. The van der Waals surface area contributed by atoms with Crippen molar-refractivity contribution in [2.45, 2.75) is 6.92 Å². The zero-order chi connectivity index (χ0) is 15.7. The van der Waals surface area contributed by atoms with Crippen LogP contribution in [0.15, 0.2) is 47.3 Å². The van der Waals surface area contributed by atoms with Crippen molar-refractivity contribution in [3.8, 4) is 5.75 Å². The van der Waals surface area contributed by atoms with Crippen LogP contribution in [0, 0.1) is 6.92 Å². The number of carbonyl (C=O) groups is 1. The largest absolute Gasteiger partial charge is 0.506 e. The van der Waals surface area contributed by atoms with Gasteiger partial charge in [0.15, 0.2) is 5.69 Å². The number of amides is 1. The molecule has 0 aliphatic heterocycles. The molecule has 3 rings (SSSR count). The zero-order valence-electron chi connectivity index (χ0n) is 11.8. The first-order valence-electron chi connectivity index (χ1n) is 6.64. The summed E-state index contributed by atoms with van der Waals surface area (Å²) in [7, 11) is 0. The molecule has 1 aromatic heterocycles. The molecule has 0 unspecified atom stereocenters. The van der Waals surface area contributed by atoms with E-state index in [1.54, 1.807) is 42.5 Å². The van der Waals surface area contributed by atoms with Crippen LogP contribution in [-0.2, 0) is 0 Å². The number of aryl methyl sites for hydroxylation is 1. The van der Waals surface area contributed by atoms with Crippen molar-refractivity contribution in [1.82, 2.24) is 10.2 Å². The highest BCUT2D eigenvalue weighted by atomic mass is 16.3. The van der Waals surface area contributed by atoms with Gasteiger partial charge in [-0.05, 0) is 30.7 Å². The number of aromatic hydroxyl groups is 1. The number of hydrogen-bond acceptors (Lipinski definition) is 4. The van der Waals surface area contributed by atoms with E-state index in [-0.39, 0.29) is 22.7 Å². The topological polar surface area (TPSA) is 95.1 Å². The minimum Gasteiger partial charge on any atom is -0.506 e. The SMILES string of the molecule is Cc1ccc(NC(=O)c2n[nH]c(=O)c3ccccc23)c(O)c1. The van der Waals surface area contributed by atoms with E-state index in [1.807, 2.05) is 6.92 Å². The molecule has 1 amide bonds. The Labute approximate surface area is 125 Å². The lowest BCUT2D eigenvalue weighted by Crippen LogP contribution is -2.19. The van der Waals surface area contributed by atoms with Crippen molar-refractivity contribution in [1.29, 1.82) is 0 Å². The molecule has 2 aromatic carbocycles. The summed E-state index contributed by atoms with van der Waals surface area (Å²) >= 11 is 0. The molecule has 22 heavy (non-hydrogen) atoms. The van der Waals surface area contributed by atoms with E-state index in [0.717, 1.165) is 5.56 Å². The van der Waals surface area contributed by atoms with Crippen LogP contribution in [0.25, 0.3) is 10.8 Å². The zero-order valence-corrected chi connectivity index (χ0v) is 11.8. The molecular formula is C16H13N3O3. The van der Waals surface area contributed by atoms with Gasteiger partial charge >= 0.3 is 0 Å². The van der Waals surface area contributed by atoms with Gasteiger partial charge in [0.1, 0.15) is 5.75 Å². The maximum absolute atomic E-state index is 12.4. The van der Waals surface area contributed by atoms with Crippen molar-refractivity contribution in [3.63, 3.8) is 0 Å². The van der Waals surface area contributed by atoms with Crippen LogP contribution in [0.5, 0.6) is 5.75 Å². The van der Waals surface area contributed by atoms with Crippen LogP contribution in [0.1, 0.15) is 16.1 Å². The number of hydrogen-bond donors (Lipinski definition) is 3. The van der Waals surface area contributed by atoms with E-state index in [0.29, 0.717) is 10.8 Å². The van der Waals surface area contributed by atoms with Crippen molar-refractivity contribution < 1.29 is 9.90 Å². The molecule has 0 saturated carbocycles.